The van der Waals surface area contributed by atoms with E-state index in [2.05, 4.69) is 14.7 Å². The second-order valence-corrected chi connectivity index (χ2v) is 11.0. The van der Waals surface area contributed by atoms with E-state index in [-0.39, 0.29) is 29.4 Å². The summed E-state index contributed by atoms with van der Waals surface area (Å²) in [5.41, 5.74) is 1.75. The first-order chi connectivity index (χ1) is 18.8. The van der Waals surface area contributed by atoms with E-state index in [0.29, 0.717) is 44.2 Å². The fourth-order valence-corrected chi connectivity index (χ4v) is 5.86. The Balaban J connectivity index is 1.33. The van der Waals surface area contributed by atoms with Crippen molar-refractivity contribution in [3.8, 4) is 22.6 Å². The van der Waals surface area contributed by atoms with Crippen LogP contribution in [0.15, 0.2) is 79.1 Å². The first-order valence-corrected chi connectivity index (χ1v) is 13.8. The van der Waals surface area contributed by atoms with Crippen molar-refractivity contribution in [3.63, 3.8) is 0 Å². The van der Waals surface area contributed by atoms with Crippen molar-refractivity contribution in [2.24, 2.45) is 0 Å². The third-order valence-electron chi connectivity index (χ3n) is 6.26. The zero-order valence-corrected chi connectivity index (χ0v) is 21.6. The highest BCUT2D eigenvalue weighted by Crippen LogP contribution is 2.41. The van der Waals surface area contributed by atoms with Gasteiger partial charge in [0.25, 0.3) is 0 Å². The SMILES string of the molecule is O=C(c1cccc(NS(=O)(=O)Cc2ccccc2)c1F)c1c[nH]c2ncc(-c3cc4c(cc3Cl)OCO4)cc12. The van der Waals surface area contributed by atoms with Crippen molar-refractivity contribution in [3.05, 3.63) is 107 Å². The van der Waals surface area contributed by atoms with E-state index < -0.39 is 21.6 Å². The van der Waals surface area contributed by atoms with Crippen molar-refractivity contribution in [1.82, 2.24) is 9.97 Å². The molecule has 0 aliphatic carbocycles. The first kappa shape index (κ1) is 24.9. The number of pyridine rings is 1. The summed E-state index contributed by atoms with van der Waals surface area (Å²) in [6.45, 7) is 0.0932. The van der Waals surface area contributed by atoms with Crippen LogP contribution in [0.5, 0.6) is 11.5 Å². The molecular formula is C28H19ClFN3O5S. The van der Waals surface area contributed by atoms with Crippen molar-refractivity contribution in [2.45, 2.75) is 5.75 Å². The minimum Gasteiger partial charge on any atom is -0.454 e. The molecule has 2 aromatic heterocycles. The number of ether oxygens (including phenoxy) is 2. The molecule has 8 nitrogen and oxygen atoms in total. The van der Waals surface area contributed by atoms with Gasteiger partial charge in [-0.1, -0.05) is 48.0 Å². The largest absolute Gasteiger partial charge is 0.454 e. The van der Waals surface area contributed by atoms with Crippen LogP contribution < -0.4 is 14.2 Å². The molecule has 0 atom stereocenters. The summed E-state index contributed by atoms with van der Waals surface area (Å²) in [6, 6.07) is 17.6. The van der Waals surface area contributed by atoms with E-state index in [9.17, 15) is 13.2 Å². The summed E-state index contributed by atoms with van der Waals surface area (Å²) in [5, 5.41) is 0.853. The number of halogens is 2. The number of carbonyl (C=O) groups excluding carboxylic acids is 1. The summed E-state index contributed by atoms with van der Waals surface area (Å²) in [6.07, 6.45) is 3.04. The molecule has 0 amide bonds. The maximum atomic E-state index is 15.5. The molecule has 3 heterocycles. The highest BCUT2D eigenvalue weighted by Gasteiger charge is 2.23. The number of nitrogens with zero attached hydrogens (tertiary/aromatic N) is 1. The lowest BCUT2D eigenvalue weighted by Gasteiger charge is -2.11. The van der Waals surface area contributed by atoms with Gasteiger partial charge in [0.05, 0.1) is 22.0 Å². The number of ketones is 1. The number of hydrogen-bond donors (Lipinski definition) is 2. The van der Waals surface area contributed by atoms with Crippen LogP contribution in [-0.2, 0) is 15.8 Å². The maximum Gasteiger partial charge on any atom is 0.237 e. The van der Waals surface area contributed by atoms with E-state index in [1.807, 2.05) is 0 Å². The van der Waals surface area contributed by atoms with Gasteiger partial charge in [0.2, 0.25) is 16.8 Å². The number of benzene rings is 3. The lowest BCUT2D eigenvalue weighted by Crippen LogP contribution is -2.17. The normalized spacial score (nSPS) is 12.6. The van der Waals surface area contributed by atoms with Gasteiger partial charge in [-0.05, 0) is 29.8 Å². The number of aromatic nitrogens is 2. The summed E-state index contributed by atoms with van der Waals surface area (Å²) < 4.78 is 53.9. The van der Waals surface area contributed by atoms with E-state index in [0.717, 1.165) is 0 Å². The summed E-state index contributed by atoms with van der Waals surface area (Å²) in [5.74, 6) is -0.890. The lowest BCUT2D eigenvalue weighted by molar-refractivity contribution is 0.103. The van der Waals surface area contributed by atoms with Crippen LogP contribution in [0.25, 0.3) is 22.2 Å². The molecule has 0 fully saturated rings. The standard InChI is InChI=1S/C28H19ClFN3O5S/c29-22-11-25-24(37-15-38-25)10-19(22)17-9-20-21(13-32-28(20)31-12-17)27(34)18-7-4-8-23(26(18)30)33-39(35,36)14-16-5-2-1-3-6-16/h1-13,33H,14-15H2,(H,31,32). The fraction of sp³-hybridized carbons (Fsp3) is 0.0714. The fourth-order valence-electron chi connectivity index (χ4n) is 4.41. The Morgan fingerprint density at radius 1 is 1.03 bits per heavy atom. The molecule has 0 unspecified atom stereocenters. The van der Waals surface area contributed by atoms with E-state index in [1.54, 1.807) is 54.7 Å². The average molecular weight is 564 g/mol. The molecule has 0 spiro atoms. The molecule has 5 aromatic rings. The van der Waals surface area contributed by atoms with Crippen molar-refractivity contribution in [1.29, 1.82) is 0 Å². The lowest BCUT2D eigenvalue weighted by atomic mass is 10.00. The Labute approximate surface area is 227 Å². The number of H-pyrrole nitrogens is 1. The van der Waals surface area contributed by atoms with E-state index >= 15 is 4.39 Å². The Morgan fingerprint density at radius 3 is 2.59 bits per heavy atom. The molecule has 39 heavy (non-hydrogen) atoms. The third kappa shape index (κ3) is 4.80. The Morgan fingerprint density at radius 2 is 1.79 bits per heavy atom. The average Bonchev–Trinajstić information content (AvgIpc) is 3.55. The van der Waals surface area contributed by atoms with Crippen molar-refractivity contribution >= 4 is 44.1 Å². The zero-order chi connectivity index (χ0) is 27.1. The number of anilines is 1. The molecule has 1 aliphatic rings. The Hall–Kier alpha value is -4.41. The highest BCUT2D eigenvalue weighted by atomic mass is 35.5. The molecule has 0 radical (unpaired) electrons. The van der Waals surface area contributed by atoms with Crippen LogP contribution in [0.3, 0.4) is 0 Å². The molecule has 6 rings (SSSR count). The second-order valence-electron chi connectivity index (χ2n) is 8.85. The van der Waals surface area contributed by atoms with Crippen LogP contribution in [0, 0.1) is 5.82 Å². The van der Waals surface area contributed by atoms with Gasteiger partial charge in [0.1, 0.15) is 5.65 Å². The van der Waals surface area contributed by atoms with Gasteiger partial charge in [0, 0.05) is 40.5 Å². The maximum absolute atomic E-state index is 15.5. The smallest absolute Gasteiger partial charge is 0.237 e. The molecule has 0 bridgehead atoms. The van der Waals surface area contributed by atoms with Crippen molar-refractivity contribution in [2.75, 3.05) is 11.5 Å². The second kappa shape index (κ2) is 9.72. The summed E-state index contributed by atoms with van der Waals surface area (Å²) in [4.78, 5) is 20.8. The third-order valence-corrected chi connectivity index (χ3v) is 7.81. The number of carbonyl (C=O) groups is 1. The Kier molecular flexibility index (Phi) is 6.20. The number of rotatable bonds is 7. The van der Waals surface area contributed by atoms with Crippen LogP contribution in [0.4, 0.5) is 10.1 Å². The van der Waals surface area contributed by atoms with Gasteiger partial charge in [0.15, 0.2) is 23.1 Å². The van der Waals surface area contributed by atoms with Gasteiger partial charge in [-0.25, -0.2) is 17.8 Å². The number of hydrogen-bond acceptors (Lipinski definition) is 6. The Bertz CT molecular complexity index is 1860. The number of fused-ring (bicyclic) bond motifs is 2. The quantitative estimate of drug-likeness (QED) is 0.238. The van der Waals surface area contributed by atoms with Gasteiger partial charge in [-0.3, -0.25) is 9.52 Å². The van der Waals surface area contributed by atoms with Gasteiger partial charge < -0.3 is 14.5 Å². The monoisotopic (exact) mass is 563 g/mol. The predicted molar refractivity (Wildman–Crippen MR) is 145 cm³/mol. The summed E-state index contributed by atoms with van der Waals surface area (Å²) >= 11 is 6.46. The number of nitrogens with one attached hydrogen (secondary N) is 2. The topological polar surface area (TPSA) is 110 Å². The molecule has 0 saturated carbocycles. The van der Waals surface area contributed by atoms with E-state index in [4.69, 9.17) is 21.1 Å². The molecule has 1 aliphatic heterocycles. The van der Waals surface area contributed by atoms with Gasteiger partial charge >= 0.3 is 0 Å². The highest BCUT2D eigenvalue weighted by molar-refractivity contribution is 7.91. The molecule has 3 aromatic carbocycles. The minimum atomic E-state index is -3.94. The van der Waals surface area contributed by atoms with Gasteiger partial charge in [-0.2, -0.15) is 0 Å². The van der Waals surface area contributed by atoms with Gasteiger partial charge in [-0.15, -0.1) is 0 Å². The molecule has 11 heteroatoms. The van der Waals surface area contributed by atoms with Crippen LogP contribution >= 0.6 is 11.6 Å². The van der Waals surface area contributed by atoms with Crippen molar-refractivity contribution < 1.29 is 27.1 Å². The first-order valence-electron chi connectivity index (χ1n) is 11.7. The molecule has 2 N–H and O–H groups in total. The minimum absolute atomic E-state index is 0.0932. The van der Waals surface area contributed by atoms with E-state index in [1.165, 1.54) is 24.4 Å². The number of sulfonamides is 1. The molecule has 0 saturated heterocycles. The van der Waals surface area contributed by atoms with Crippen LogP contribution in [0.1, 0.15) is 21.5 Å². The molecule has 196 valence electrons. The summed E-state index contributed by atoms with van der Waals surface area (Å²) in [7, 11) is -3.94. The predicted octanol–water partition coefficient (Wildman–Crippen LogP) is 5.92. The zero-order valence-electron chi connectivity index (χ0n) is 20.1. The van der Waals surface area contributed by atoms with Crippen LogP contribution in [-0.4, -0.2) is 31.0 Å². The number of aromatic amines is 1. The van der Waals surface area contributed by atoms with Crippen LogP contribution in [0.2, 0.25) is 5.02 Å². The molecular weight excluding hydrogens is 545 g/mol.